The quantitative estimate of drug-likeness (QED) is 0.449. The minimum absolute atomic E-state index is 0.0724. The Kier molecular flexibility index (Phi) is 5.39. The average molecular weight is 488 g/mol. The molecule has 0 amide bonds. The molecule has 3 unspecified atom stereocenters. The predicted molar refractivity (Wildman–Crippen MR) is 119 cm³/mol. The van der Waals surface area contributed by atoms with Crippen molar-refractivity contribution in [2.45, 2.75) is 43.7 Å². The zero-order valence-corrected chi connectivity index (χ0v) is 18.0. The molecule has 3 heterocycles. The average Bonchev–Trinajstić information content (AvgIpc) is 3.18. The molecule has 3 atom stereocenters. The molecule has 28 heavy (non-hydrogen) atoms. The molecule has 0 spiro atoms. The highest BCUT2D eigenvalue weighted by Gasteiger charge is 2.29. The summed E-state index contributed by atoms with van der Waals surface area (Å²) in [5.41, 5.74) is 3.95. The van der Waals surface area contributed by atoms with Gasteiger partial charge < -0.3 is 9.47 Å². The molecule has 146 valence electrons. The third-order valence-electron chi connectivity index (χ3n) is 6.13. The summed E-state index contributed by atoms with van der Waals surface area (Å²) < 4.78 is 15.2. The number of hydrogen-bond acceptors (Lipinski definition) is 3. The van der Waals surface area contributed by atoms with E-state index >= 15 is 0 Å². The molecule has 0 aliphatic carbocycles. The van der Waals surface area contributed by atoms with Gasteiger partial charge in [0.1, 0.15) is 0 Å². The SMILES string of the molecule is Ic1ccc(C2COCCC2c2ccc3cnn(C4CCCCO4)c3c2)cc1. The predicted octanol–water partition coefficient (Wildman–Crippen LogP) is 5.63. The number of halogens is 1. The van der Waals surface area contributed by atoms with Gasteiger partial charge in [-0.25, -0.2) is 4.68 Å². The molecular weight excluding hydrogens is 463 g/mol. The number of benzene rings is 2. The zero-order chi connectivity index (χ0) is 18.9. The molecule has 2 aromatic carbocycles. The minimum atomic E-state index is 0.0724. The summed E-state index contributed by atoms with van der Waals surface area (Å²) in [6, 6.07) is 15.7. The van der Waals surface area contributed by atoms with E-state index in [-0.39, 0.29) is 6.23 Å². The standard InChI is InChI=1S/C23H25IN2O2/c24-19-8-6-16(7-9-19)21-15-27-12-10-20(21)17-4-5-18-14-25-26(22(18)13-17)23-3-1-2-11-28-23/h4-9,13-14,20-21,23H,1-3,10-12,15H2. The van der Waals surface area contributed by atoms with Crippen LogP contribution in [0.5, 0.6) is 0 Å². The highest BCUT2D eigenvalue weighted by atomic mass is 127. The zero-order valence-electron chi connectivity index (χ0n) is 15.9. The van der Waals surface area contributed by atoms with E-state index in [9.17, 15) is 0 Å². The van der Waals surface area contributed by atoms with Crippen molar-refractivity contribution in [2.24, 2.45) is 0 Å². The van der Waals surface area contributed by atoms with Crippen LogP contribution in [-0.2, 0) is 9.47 Å². The number of ether oxygens (including phenoxy) is 2. The van der Waals surface area contributed by atoms with Crippen LogP contribution in [0.2, 0.25) is 0 Å². The van der Waals surface area contributed by atoms with Crippen LogP contribution in [0.3, 0.4) is 0 Å². The smallest absolute Gasteiger partial charge is 0.150 e. The molecular formula is C23H25IN2O2. The second-order valence-corrected chi connectivity index (χ2v) is 9.10. The Balaban J connectivity index is 1.50. The first-order valence-corrected chi connectivity index (χ1v) is 11.3. The molecule has 0 N–H and O–H groups in total. The Hall–Kier alpha value is -1.44. The summed E-state index contributed by atoms with van der Waals surface area (Å²) in [5.74, 6) is 0.860. The van der Waals surface area contributed by atoms with Gasteiger partial charge in [-0.3, -0.25) is 0 Å². The van der Waals surface area contributed by atoms with Crippen LogP contribution in [-0.4, -0.2) is 29.6 Å². The van der Waals surface area contributed by atoms with E-state index in [0.29, 0.717) is 11.8 Å². The number of nitrogens with zero attached hydrogens (tertiary/aromatic N) is 2. The van der Waals surface area contributed by atoms with Crippen molar-refractivity contribution < 1.29 is 9.47 Å². The first kappa shape index (κ1) is 18.6. The van der Waals surface area contributed by atoms with Crippen molar-refractivity contribution in [2.75, 3.05) is 19.8 Å². The molecule has 0 saturated carbocycles. The van der Waals surface area contributed by atoms with Gasteiger partial charge in [0.25, 0.3) is 0 Å². The second-order valence-electron chi connectivity index (χ2n) is 7.86. The summed E-state index contributed by atoms with van der Waals surface area (Å²) >= 11 is 2.36. The van der Waals surface area contributed by atoms with Crippen LogP contribution in [0.25, 0.3) is 10.9 Å². The number of hydrogen-bond donors (Lipinski definition) is 0. The van der Waals surface area contributed by atoms with Gasteiger partial charge in [-0.2, -0.15) is 5.10 Å². The fraction of sp³-hybridized carbons (Fsp3) is 0.435. The van der Waals surface area contributed by atoms with Gasteiger partial charge in [-0.1, -0.05) is 24.3 Å². The molecule has 2 fully saturated rings. The maximum Gasteiger partial charge on any atom is 0.150 e. The van der Waals surface area contributed by atoms with Crippen molar-refractivity contribution in [3.63, 3.8) is 0 Å². The molecule has 5 heteroatoms. The molecule has 5 rings (SSSR count). The van der Waals surface area contributed by atoms with E-state index in [2.05, 4.69) is 74.8 Å². The Morgan fingerprint density at radius 1 is 0.929 bits per heavy atom. The van der Waals surface area contributed by atoms with Crippen molar-refractivity contribution in [3.8, 4) is 0 Å². The molecule has 2 aliphatic heterocycles. The maximum atomic E-state index is 6.00. The maximum absolute atomic E-state index is 6.00. The summed E-state index contributed by atoms with van der Waals surface area (Å²) in [6.45, 7) is 2.45. The molecule has 1 aromatic heterocycles. The lowest BCUT2D eigenvalue weighted by Gasteiger charge is -2.32. The highest BCUT2D eigenvalue weighted by Crippen LogP contribution is 2.40. The van der Waals surface area contributed by atoms with Crippen LogP contribution < -0.4 is 0 Å². The van der Waals surface area contributed by atoms with E-state index in [1.54, 1.807) is 0 Å². The van der Waals surface area contributed by atoms with E-state index in [4.69, 9.17) is 9.47 Å². The fourth-order valence-corrected chi connectivity index (χ4v) is 4.97. The lowest BCUT2D eigenvalue weighted by molar-refractivity contribution is -0.0366. The van der Waals surface area contributed by atoms with Crippen LogP contribution in [0.4, 0.5) is 0 Å². The van der Waals surface area contributed by atoms with Crippen LogP contribution in [0.15, 0.2) is 48.7 Å². The first-order chi connectivity index (χ1) is 13.8. The van der Waals surface area contributed by atoms with E-state index in [0.717, 1.165) is 39.1 Å². The van der Waals surface area contributed by atoms with Crippen LogP contribution in [0.1, 0.15) is 54.9 Å². The summed E-state index contributed by atoms with van der Waals surface area (Å²) in [5, 5.41) is 5.85. The van der Waals surface area contributed by atoms with Crippen molar-refractivity contribution in [1.82, 2.24) is 9.78 Å². The third-order valence-corrected chi connectivity index (χ3v) is 6.85. The third kappa shape index (κ3) is 3.60. The van der Waals surface area contributed by atoms with Gasteiger partial charge in [-0.15, -0.1) is 0 Å². The Morgan fingerprint density at radius 3 is 2.61 bits per heavy atom. The van der Waals surface area contributed by atoms with Crippen molar-refractivity contribution >= 4 is 33.5 Å². The monoisotopic (exact) mass is 488 g/mol. The van der Waals surface area contributed by atoms with Gasteiger partial charge in [0.05, 0.1) is 18.3 Å². The number of fused-ring (bicyclic) bond motifs is 1. The molecule has 0 radical (unpaired) electrons. The lowest BCUT2D eigenvalue weighted by atomic mass is 9.78. The summed E-state index contributed by atoms with van der Waals surface area (Å²) in [4.78, 5) is 0. The molecule has 3 aromatic rings. The first-order valence-electron chi connectivity index (χ1n) is 10.2. The molecule has 2 saturated heterocycles. The van der Waals surface area contributed by atoms with Gasteiger partial charge >= 0.3 is 0 Å². The minimum Gasteiger partial charge on any atom is -0.381 e. The van der Waals surface area contributed by atoms with Gasteiger partial charge in [0.15, 0.2) is 6.23 Å². The number of rotatable bonds is 3. The number of aromatic nitrogens is 2. The largest absolute Gasteiger partial charge is 0.381 e. The fourth-order valence-electron chi connectivity index (χ4n) is 4.61. The lowest BCUT2D eigenvalue weighted by Crippen LogP contribution is -2.24. The van der Waals surface area contributed by atoms with Gasteiger partial charge in [0, 0.05) is 28.1 Å². The Morgan fingerprint density at radius 2 is 1.79 bits per heavy atom. The van der Waals surface area contributed by atoms with E-state index < -0.39 is 0 Å². The normalized spacial score (nSPS) is 25.8. The summed E-state index contributed by atoms with van der Waals surface area (Å²) in [7, 11) is 0. The molecule has 0 bridgehead atoms. The van der Waals surface area contributed by atoms with Crippen LogP contribution in [0, 0.1) is 3.57 Å². The summed E-state index contributed by atoms with van der Waals surface area (Å²) in [6.07, 6.45) is 6.50. The molecule has 4 nitrogen and oxygen atoms in total. The van der Waals surface area contributed by atoms with Crippen LogP contribution >= 0.6 is 22.6 Å². The van der Waals surface area contributed by atoms with Crippen molar-refractivity contribution in [1.29, 1.82) is 0 Å². The van der Waals surface area contributed by atoms with Crippen molar-refractivity contribution in [3.05, 3.63) is 63.4 Å². The second kappa shape index (κ2) is 8.13. The topological polar surface area (TPSA) is 36.3 Å². The Bertz CT molecular complexity index is 947. The van der Waals surface area contributed by atoms with E-state index in [1.165, 1.54) is 32.0 Å². The Labute approximate surface area is 179 Å². The van der Waals surface area contributed by atoms with E-state index in [1.807, 2.05) is 6.20 Å². The molecule has 2 aliphatic rings. The van der Waals surface area contributed by atoms with Gasteiger partial charge in [0.2, 0.25) is 0 Å². The van der Waals surface area contributed by atoms with Gasteiger partial charge in [-0.05, 0) is 83.5 Å². The highest BCUT2D eigenvalue weighted by molar-refractivity contribution is 14.1.